The predicted octanol–water partition coefficient (Wildman–Crippen LogP) is 3.64. The highest BCUT2D eigenvalue weighted by atomic mass is 16.5. The van der Waals surface area contributed by atoms with E-state index in [4.69, 9.17) is 4.74 Å². The van der Waals surface area contributed by atoms with Gasteiger partial charge in [0.25, 0.3) is 0 Å². The van der Waals surface area contributed by atoms with Crippen LogP contribution in [0.1, 0.15) is 34.3 Å². The highest BCUT2D eigenvalue weighted by Gasteiger charge is 2.24. The van der Waals surface area contributed by atoms with Gasteiger partial charge in [-0.05, 0) is 30.4 Å². The molecular formula is C18H18O2. The van der Waals surface area contributed by atoms with Crippen molar-refractivity contribution in [1.82, 2.24) is 0 Å². The summed E-state index contributed by atoms with van der Waals surface area (Å²) in [6.07, 6.45) is 2.51. The van der Waals surface area contributed by atoms with Crippen LogP contribution in [0.4, 0.5) is 0 Å². The molecule has 0 amide bonds. The van der Waals surface area contributed by atoms with Crippen LogP contribution < -0.4 is 0 Å². The van der Waals surface area contributed by atoms with Crippen molar-refractivity contribution in [1.29, 1.82) is 0 Å². The van der Waals surface area contributed by atoms with Crippen LogP contribution >= 0.6 is 0 Å². The van der Waals surface area contributed by atoms with Crippen molar-refractivity contribution in [2.24, 2.45) is 0 Å². The lowest BCUT2D eigenvalue weighted by Gasteiger charge is -2.09. The number of rotatable bonds is 4. The molecule has 1 heterocycles. The standard InChI is InChI=1S/C18H18O2/c19-18(17-7-4-12-20-17)16-10-8-15(9-11-16)13-14-5-2-1-3-6-14/h1-3,5-6,8-11,17H,4,7,12-13H2. The van der Waals surface area contributed by atoms with Gasteiger partial charge in [-0.15, -0.1) is 0 Å². The number of hydrogen-bond donors (Lipinski definition) is 0. The van der Waals surface area contributed by atoms with E-state index < -0.39 is 0 Å². The van der Waals surface area contributed by atoms with Crippen LogP contribution in [-0.2, 0) is 11.2 Å². The molecule has 0 radical (unpaired) electrons. The molecule has 1 fully saturated rings. The number of Topliss-reactive ketones (excluding diaryl/α,β-unsaturated/α-hetero) is 1. The Morgan fingerprint density at radius 2 is 1.70 bits per heavy atom. The Morgan fingerprint density at radius 3 is 2.35 bits per heavy atom. The number of benzene rings is 2. The third-order valence-electron chi connectivity index (χ3n) is 3.71. The Bertz CT molecular complexity index is 566. The first-order chi connectivity index (χ1) is 9.83. The minimum absolute atomic E-state index is 0.119. The Hall–Kier alpha value is -1.93. The average Bonchev–Trinajstić information content (AvgIpc) is 3.03. The van der Waals surface area contributed by atoms with Gasteiger partial charge < -0.3 is 4.74 Å². The molecule has 1 saturated heterocycles. The molecule has 0 saturated carbocycles. The number of carbonyl (C=O) groups excluding carboxylic acids is 1. The van der Waals surface area contributed by atoms with Gasteiger partial charge in [0.05, 0.1) is 0 Å². The maximum Gasteiger partial charge on any atom is 0.191 e. The summed E-state index contributed by atoms with van der Waals surface area (Å²) in [4.78, 5) is 12.2. The fourth-order valence-corrected chi connectivity index (χ4v) is 2.59. The summed E-state index contributed by atoms with van der Waals surface area (Å²) < 4.78 is 5.45. The highest BCUT2D eigenvalue weighted by Crippen LogP contribution is 2.18. The second-order valence-corrected chi connectivity index (χ2v) is 5.23. The SMILES string of the molecule is O=C(c1ccc(Cc2ccccc2)cc1)C1CCCO1. The van der Waals surface area contributed by atoms with Gasteiger partial charge in [-0.1, -0.05) is 54.6 Å². The minimum atomic E-state index is -0.227. The first kappa shape index (κ1) is 13.1. The smallest absolute Gasteiger partial charge is 0.191 e. The first-order valence-corrected chi connectivity index (χ1v) is 7.11. The summed E-state index contributed by atoms with van der Waals surface area (Å²) in [7, 11) is 0. The van der Waals surface area contributed by atoms with Gasteiger partial charge >= 0.3 is 0 Å². The lowest BCUT2D eigenvalue weighted by molar-refractivity contribution is 0.0643. The first-order valence-electron chi connectivity index (χ1n) is 7.11. The van der Waals surface area contributed by atoms with Gasteiger partial charge in [-0.3, -0.25) is 4.79 Å². The van der Waals surface area contributed by atoms with E-state index in [2.05, 4.69) is 12.1 Å². The second-order valence-electron chi connectivity index (χ2n) is 5.23. The zero-order valence-corrected chi connectivity index (χ0v) is 11.4. The van der Waals surface area contributed by atoms with Gasteiger partial charge in [0, 0.05) is 12.2 Å². The van der Waals surface area contributed by atoms with Crippen LogP contribution in [0.3, 0.4) is 0 Å². The van der Waals surface area contributed by atoms with E-state index in [1.807, 2.05) is 42.5 Å². The lowest BCUT2D eigenvalue weighted by Crippen LogP contribution is -2.19. The number of hydrogen-bond acceptors (Lipinski definition) is 2. The molecule has 2 aromatic rings. The summed E-state index contributed by atoms with van der Waals surface area (Å²) in [6, 6.07) is 18.3. The third-order valence-corrected chi connectivity index (χ3v) is 3.71. The van der Waals surface area contributed by atoms with Crippen LogP contribution in [0.15, 0.2) is 54.6 Å². The zero-order chi connectivity index (χ0) is 13.8. The van der Waals surface area contributed by atoms with Crippen molar-refractivity contribution >= 4 is 5.78 Å². The van der Waals surface area contributed by atoms with E-state index >= 15 is 0 Å². The molecular weight excluding hydrogens is 248 g/mol. The summed E-state index contributed by atoms with van der Waals surface area (Å²) >= 11 is 0. The van der Waals surface area contributed by atoms with Crippen molar-refractivity contribution in [3.8, 4) is 0 Å². The minimum Gasteiger partial charge on any atom is -0.370 e. The van der Waals surface area contributed by atoms with Gasteiger partial charge in [0.2, 0.25) is 0 Å². The molecule has 0 bridgehead atoms. The van der Waals surface area contributed by atoms with Crippen molar-refractivity contribution < 1.29 is 9.53 Å². The van der Waals surface area contributed by atoms with E-state index in [9.17, 15) is 4.79 Å². The van der Waals surface area contributed by atoms with E-state index in [0.29, 0.717) is 6.61 Å². The molecule has 1 unspecified atom stereocenters. The molecule has 1 atom stereocenters. The maximum atomic E-state index is 12.2. The van der Waals surface area contributed by atoms with Gasteiger partial charge in [0.1, 0.15) is 6.10 Å². The molecule has 1 aliphatic rings. The molecule has 2 heteroatoms. The zero-order valence-electron chi connectivity index (χ0n) is 11.4. The van der Waals surface area contributed by atoms with Crippen molar-refractivity contribution in [3.63, 3.8) is 0 Å². The normalized spacial score (nSPS) is 18.1. The molecule has 102 valence electrons. The van der Waals surface area contributed by atoms with Crippen molar-refractivity contribution in [2.45, 2.75) is 25.4 Å². The summed E-state index contributed by atoms with van der Waals surface area (Å²) in [5.74, 6) is 0.119. The van der Waals surface area contributed by atoms with E-state index in [0.717, 1.165) is 24.8 Å². The quantitative estimate of drug-likeness (QED) is 0.790. The molecule has 20 heavy (non-hydrogen) atoms. The molecule has 0 N–H and O–H groups in total. The van der Waals surface area contributed by atoms with Crippen LogP contribution in [0, 0.1) is 0 Å². The predicted molar refractivity (Wildman–Crippen MR) is 79.0 cm³/mol. The highest BCUT2D eigenvalue weighted by molar-refractivity contribution is 5.99. The molecule has 3 rings (SSSR count). The van der Waals surface area contributed by atoms with Crippen LogP contribution in [0.2, 0.25) is 0 Å². The third kappa shape index (κ3) is 2.97. The molecule has 2 aromatic carbocycles. The Morgan fingerprint density at radius 1 is 1.00 bits per heavy atom. The summed E-state index contributed by atoms with van der Waals surface area (Å²) in [6.45, 7) is 0.711. The monoisotopic (exact) mass is 266 g/mol. The van der Waals surface area contributed by atoms with Crippen LogP contribution in [-0.4, -0.2) is 18.5 Å². The summed E-state index contributed by atoms with van der Waals surface area (Å²) in [5, 5.41) is 0. The second kappa shape index (κ2) is 6.02. The van der Waals surface area contributed by atoms with Crippen LogP contribution in [0.25, 0.3) is 0 Å². The molecule has 1 aliphatic heterocycles. The van der Waals surface area contributed by atoms with Gasteiger partial charge in [0.15, 0.2) is 5.78 Å². The van der Waals surface area contributed by atoms with Crippen molar-refractivity contribution in [3.05, 3.63) is 71.3 Å². The maximum absolute atomic E-state index is 12.2. The molecule has 0 spiro atoms. The molecule has 2 nitrogen and oxygen atoms in total. The van der Waals surface area contributed by atoms with Crippen LogP contribution in [0.5, 0.6) is 0 Å². The Kier molecular flexibility index (Phi) is 3.93. The topological polar surface area (TPSA) is 26.3 Å². The Balaban J connectivity index is 1.69. The average molecular weight is 266 g/mol. The Labute approximate surface area is 119 Å². The fourth-order valence-electron chi connectivity index (χ4n) is 2.59. The number of carbonyl (C=O) groups is 1. The number of ketones is 1. The number of ether oxygens (including phenoxy) is 1. The molecule has 0 aromatic heterocycles. The lowest BCUT2D eigenvalue weighted by atomic mass is 10.00. The fraction of sp³-hybridized carbons (Fsp3) is 0.278. The summed E-state index contributed by atoms with van der Waals surface area (Å²) in [5.41, 5.74) is 3.26. The van der Waals surface area contributed by atoms with E-state index in [1.165, 1.54) is 11.1 Å². The largest absolute Gasteiger partial charge is 0.370 e. The van der Waals surface area contributed by atoms with E-state index in [1.54, 1.807) is 0 Å². The van der Waals surface area contributed by atoms with Gasteiger partial charge in [-0.25, -0.2) is 0 Å². The molecule has 0 aliphatic carbocycles. The van der Waals surface area contributed by atoms with Crippen molar-refractivity contribution in [2.75, 3.05) is 6.61 Å². The van der Waals surface area contributed by atoms with Gasteiger partial charge in [-0.2, -0.15) is 0 Å². The van der Waals surface area contributed by atoms with E-state index in [-0.39, 0.29) is 11.9 Å².